The van der Waals surface area contributed by atoms with Gasteiger partial charge in [-0.2, -0.15) is 5.10 Å². The summed E-state index contributed by atoms with van der Waals surface area (Å²) >= 11 is 21.6. The third kappa shape index (κ3) is 5.99. The van der Waals surface area contributed by atoms with Gasteiger partial charge < -0.3 is 4.74 Å². The van der Waals surface area contributed by atoms with E-state index in [-0.39, 0.29) is 5.91 Å². The van der Waals surface area contributed by atoms with Gasteiger partial charge >= 0.3 is 0 Å². The lowest BCUT2D eigenvalue weighted by Crippen LogP contribution is -2.17. The number of nitrogens with one attached hydrogen (secondary N) is 1. The van der Waals surface area contributed by atoms with Crippen LogP contribution < -0.4 is 10.2 Å². The van der Waals surface area contributed by atoms with Crippen molar-refractivity contribution in [3.63, 3.8) is 0 Å². The van der Waals surface area contributed by atoms with Gasteiger partial charge in [0.2, 0.25) is 0 Å². The van der Waals surface area contributed by atoms with Gasteiger partial charge in [-0.3, -0.25) is 4.79 Å². The molecule has 0 aliphatic rings. The molecule has 3 aromatic rings. The highest BCUT2D eigenvalue weighted by molar-refractivity contribution is 9.10. The molecule has 0 saturated heterocycles. The van der Waals surface area contributed by atoms with Crippen LogP contribution in [0.3, 0.4) is 0 Å². The summed E-state index contributed by atoms with van der Waals surface area (Å²) in [6.07, 6.45) is 1.54. The first kappa shape index (κ1) is 22.6. The molecule has 154 valence electrons. The van der Waals surface area contributed by atoms with E-state index in [2.05, 4.69) is 26.5 Å². The molecule has 3 rings (SSSR count). The Balaban J connectivity index is 1.60. The first-order valence-corrected chi connectivity index (χ1v) is 10.7. The Bertz CT molecular complexity index is 1120. The van der Waals surface area contributed by atoms with E-state index in [1.54, 1.807) is 36.4 Å². The summed E-state index contributed by atoms with van der Waals surface area (Å²) in [6.45, 7) is 2.18. The number of hydrogen-bond donors (Lipinski definition) is 1. The van der Waals surface area contributed by atoms with Gasteiger partial charge in [0.25, 0.3) is 5.91 Å². The third-order valence-corrected chi connectivity index (χ3v) is 5.78. The van der Waals surface area contributed by atoms with Crippen LogP contribution in [-0.4, -0.2) is 12.1 Å². The zero-order valence-corrected chi connectivity index (χ0v) is 19.6. The van der Waals surface area contributed by atoms with Gasteiger partial charge in [0.1, 0.15) is 12.4 Å². The van der Waals surface area contributed by atoms with Crippen molar-refractivity contribution in [1.82, 2.24) is 5.43 Å². The Kier molecular flexibility index (Phi) is 7.78. The van der Waals surface area contributed by atoms with Gasteiger partial charge in [-0.15, -0.1) is 0 Å². The molecule has 0 aliphatic carbocycles. The number of benzene rings is 3. The molecule has 30 heavy (non-hydrogen) atoms. The lowest BCUT2D eigenvalue weighted by atomic mass is 10.1. The van der Waals surface area contributed by atoms with Crippen molar-refractivity contribution in [1.29, 1.82) is 0 Å². The minimum Gasteiger partial charge on any atom is -0.488 e. The summed E-state index contributed by atoms with van der Waals surface area (Å²) in [5.41, 5.74) is 5.44. The van der Waals surface area contributed by atoms with E-state index >= 15 is 0 Å². The zero-order valence-electron chi connectivity index (χ0n) is 15.8. The largest absolute Gasteiger partial charge is 0.488 e. The third-order valence-electron chi connectivity index (χ3n) is 4.17. The van der Waals surface area contributed by atoms with E-state index in [1.807, 2.05) is 25.1 Å². The summed E-state index contributed by atoms with van der Waals surface area (Å²) in [6, 6.07) is 15.8. The molecule has 0 heterocycles. The molecule has 0 aromatic heterocycles. The van der Waals surface area contributed by atoms with Gasteiger partial charge in [0.05, 0.1) is 10.7 Å². The maximum absolute atomic E-state index is 12.2. The fraction of sp³-hybridized carbons (Fsp3) is 0.0909. The first-order chi connectivity index (χ1) is 14.3. The number of ether oxygens (including phenoxy) is 1. The second-order valence-corrected chi connectivity index (χ2v) is 8.48. The van der Waals surface area contributed by atoms with E-state index < -0.39 is 0 Å². The summed E-state index contributed by atoms with van der Waals surface area (Å²) in [5.74, 6) is 0.309. The lowest BCUT2D eigenvalue weighted by Gasteiger charge is -2.10. The molecule has 0 bridgehead atoms. The van der Waals surface area contributed by atoms with Gasteiger partial charge in [-0.25, -0.2) is 5.43 Å². The fourth-order valence-electron chi connectivity index (χ4n) is 2.47. The van der Waals surface area contributed by atoms with Crippen molar-refractivity contribution in [2.45, 2.75) is 13.5 Å². The van der Waals surface area contributed by atoms with Gasteiger partial charge in [-0.05, 0) is 76.4 Å². The molecule has 4 nitrogen and oxygen atoms in total. The molecule has 0 spiro atoms. The standard InChI is InChI=1S/C22H16BrCl3N2O2/c1-13-2-4-15(9-19(13)25)22(29)28-27-11-14-3-7-21(18(23)8-14)30-12-16-5-6-17(24)10-20(16)26/h2-11H,12H2,1H3,(H,28,29)/b27-11-. The molecule has 0 fully saturated rings. The first-order valence-electron chi connectivity index (χ1n) is 8.79. The van der Waals surface area contributed by atoms with E-state index in [4.69, 9.17) is 39.5 Å². The highest BCUT2D eigenvalue weighted by atomic mass is 79.9. The highest BCUT2D eigenvalue weighted by Gasteiger charge is 2.07. The molecular weight excluding hydrogens is 511 g/mol. The number of nitrogens with zero attached hydrogens (tertiary/aromatic N) is 1. The summed E-state index contributed by atoms with van der Waals surface area (Å²) in [4.78, 5) is 12.2. The SMILES string of the molecule is Cc1ccc(C(=O)N/N=C\c2ccc(OCc3ccc(Cl)cc3Cl)c(Br)c2)cc1Cl. The van der Waals surface area contributed by atoms with Crippen molar-refractivity contribution < 1.29 is 9.53 Å². The van der Waals surface area contributed by atoms with Crippen molar-refractivity contribution >= 4 is 62.9 Å². The number of carbonyl (C=O) groups excluding carboxylic acids is 1. The molecule has 0 atom stereocenters. The molecular formula is C22H16BrCl3N2O2. The Labute approximate surface area is 197 Å². The van der Waals surface area contributed by atoms with Gasteiger partial charge in [0, 0.05) is 26.2 Å². The van der Waals surface area contributed by atoms with Crippen molar-refractivity contribution in [2.75, 3.05) is 0 Å². The van der Waals surface area contributed by atoms with Crippen LogP contribution >= 0.6 is 50.7 Å². The number of carbonyl (C=O) groups is 1. The molecule has 8 heteroatoms. The van der Waals surface area contributed by atoms with Crippen LogP contribution in [0.5, 0.6) is 5.75 Å². The van der Waals surface area contributed by atoms with Gasteiger partial charge in [0.15, 0.2) is 0 Å². The molecule has 0 aliphatic heterocycles. The normalized spacial score (nSPS) is 11.0. The molecule has 3 aromatic carbocycles. The summed E-state index contributed by atoms with van der Waals surface area (Å²) in [5, 5.41) is 5.65. The van der Waals surface area contributed by atoms with Crippen LogP contribution in [0.2, 0.25) is 15.1 Å². The second-order valence-electron chi connectivity index (χ2n) is 6.38. The van der Waals surface area contributed by atoms with E-state index in [1.165, 1.54) is 6.21 Å². The quantitative estimate of drug-likeness (QED) is 0.276. The average Bonchev–Trinajstić information content (AvgIpc) is 2.70. The van der Waals surface area contributed by atoms with E-state index in [9.17, 15) is 4.79 Å². The highest BCUT2D eigenvalue weighted by Crippen LogP contribution is 2.28. The molecule has 1 N–H and O–H groups in total. The van der Waals surface area contributed by atoms with Crippen LogP contribution in [0.25, 0.3) is 0 Å². The van der Waals surface area contributed by atoms with Crippen LogP contribution in [-0.2, 0) is 6.61 Å². The molecule has 1 amide bonds. The Morgan fingerprint density at radius 1 is 1.07 bits per heavy atom. The summed E-state index contributed by atoms with van der Waals surface area (Å²) < 4.78 is 6.56. The monoisotopic (exact) mass is 524 g/mol. The van der Waals surface area contributed by atoms with E-state index in [0.29, 0.717) is 33.0 Å². The lowest BCUT2D eigenvalue weighted by molar-refractivity contribution is 0.0955. The van der Waals surface area contributed by atoms with Crippen molar-refractivity contribution in [3.8, 4) is 5.75 Å². The van der Waals surface area contributed by atoms with E-state index in [0.717, 1.165) is 21.2 Å². The topological polar surface area (TPSA) is 50.7 Å². The maximum atomic E-state index is 12.2. The molecule has 0 radical (unpaired) electrons. The fourth-order valence-corrected chi connectivity index (χ4v) is 3.63. The van der Waals surface area contributed by atoms with Gasteiger partial charge in [-0.1, -0.05) is 46.9 Å². The maximum Gasteiger partial charge on any atom is 0.271 e. The minimum absolute atomic E-state index is 0.303. The Hall–Kier alpha value is -2.05. The smallest absolute Gasteiger partial charge is 0.271 e. The average molecular weight is 527 g/mol. The number of rotatable bonds is 6. The number of hydrogen-bond acceptors (Lipinski definition) is 3. The number of hydrazone groups is 1. The number of aryl methyl sites for hydroxylation is 1. The van der Waals surface area contributed by atoms with Crippen LogP contribution in [0.4, 0.5) is 0 Å². The van der Waals surface area contributed by atoms with Crippen molar-refractivity contribution in [2.24, 2.45) is 5.10 Å². The minimum atomic E-state index is -0.341. The number of halogens is 4. The van der Waals surface area contributed by atoms with Crippen LogP contribution in [0.1, 0.15) is 27.0 Å². The number of amides is 1. The van der Waals surface area contributed by atoms with Crippen LogP contribution in [0.15, 0.2) is 64.2 Å². The van der Waals surface area contributed by atoms with Crippen molar-refractivity contribution in [3.05, 3.63) is 96.4 Å². The Morgan fingerprint density at radius 3 is 2.57 bits per heavy atom. The van der Waals surface area contributed by atoms with Crippen LogP contribution in [0, 0.1) is 6.92 Å². The molecule has 0 unspecified atom stereocenters. The predicted molar refractivity (Wildman–Crippen MR) is 126 cm³/mol. The predicted octanol–water partition coefficient (Wildman–Crippen LogP) is 7.06. The zero-order chi connectivity index (χ0) is 21.7. The summed E-state index contributed by atoms with van der Waals surface area (Å²) in [7, 11) is 0. The second kappa shape index (κ2) is 10.3. The molecule has 0 saturated carbocycles. The Morgan fingerprint density at radius 2 is 1.87 bits per heavy atom.